The first kappa shape index (κ1) is 36.8. The third-order valence-corrected chi connectivity index (χ3v) is 7.81. The molecule has 1 rings (SSSR count). The SMILES string of the molecule is CCOC(=O)C(=C\[C@H](C)CC[C@H](O)/C=C/[C@H](C)[C@@H]1O[C@@H](C(C)OC)C[C@@H]1C)/C=C/CCC[C@@H](C)/C=C(\C)C(=O)OC. The number of carbonyl (C=O) groups is 2. The standard InChI is InChI=1S/C34H56O7/c1-10-40-34(37)29(15-13-11-12-14-23(2)20-27(6)33(36)39-9)21-24(3)16-18-30(35)19-17-25(4)32-26(5)22-31(41-32)28(7)38-8/h13,15,17,19-21,23-26,28,30-32,35H,10-12,14,16,18,22H2,1-9H3/b15-13+,19-17+,27-20+,29-21-/t23-,24-,25+,26+,28?,30+,31-,32+/m1/s1. The first-order valence-electron chi connectivity index (χ1n) is 15.3. The Balaban J connectivity index is 2.62. The number of ether oxygens (including phenoxy) is 4. The summed E-state index contributed by atoms with van der Waals surface area (Å²) in [4.78, 5) is 24.1. The number of esters is 2. The van der Waals surface area contributed by atoms with Crippen LogP contribution in [-0.4, -0.2) is 62.3 Å². The topological polar surface area (TPSA) is 91.3 Å². The second kappa shape index (κ2) is 19.8. The van der Waals surface area contributed by atoms with Crippen molar-refractivity contribution in [2.45, 2.75) is 111 Å². The van der Waals surface area contributed by atoms with Crippen LogP contribution in [0.5, 0.6) is 0 Å². The molecule has 1 N–H and O–H groups in total. The summed E-state index contributed by atoms with van der Waals surface area (Å²) in [5.74, 6) is 0.360. The van der Waals surface area contributed by atoms with Crippen LogP contribution < -0.4 is 0 Å². The van der Waals surface area contributed by atoms with Gasteiger partial charge in [0.1, 0.15) is 0 Å². The number of carbonyl (C=O) groups excluding carboxylic acids is 2. The second-order valence-corrected chi connectivity index (χ2v) is 11.7. The van der Waals surface area contributed by atoms with Crippen LogP contribution in [0, 0.1) is 23.7 Å². The molecular weight excluding hydrogens is 520 g/mol. The summed E-state index contributed by atoms with van der Waals surface area (Å²) in [7, 11) is 3.10. The van der Waals surface area contributed by atoms with Gasteiger partial charge >= 0.3 is 11.9 Å². The van der Waals surface area contributed by atoms with Crippen LogP contribution in [0.3, 0.4) is 0 Å². The van der Waals surface area contributed by atoms with E-state index < -0.39 is 6.10 Å². The first-order chi connectivity index (χ1) is 19.4. The van der Waals surface area contributed by atoms with E-state index in [2.05, 4.69) is 33.8 Å². The van der Waals surface area contributed by atoms with Gasteiger partial charge in [0.15, 0.2) is 0 Å². The van der Waals surface area contributed by atoms with Crippen LogP contribution in [0.1, 0.15) is 87.0 Å². The molecule has 0 aromatic heterocycles. The monoisotopic (exact) mass is 576 g/mol. The predicted molar refractivity (Wildman–Crippen MR) is 164 cm³/mol. The van der Waals surface area contributed by atoms with Crippen LogP contribution in [0.25, 0.3) is 0 Å². The largest absolute Gasteiger partial charge is 0.466 e. The lowest BCUT2D eigenvalue weighted by atomic mass is 9.91. The fraction of sp³-hybridized carbons (Fsp3) is 0.706. The average molecular weight is 577 g/mol. The lowest BCUT2D eigenvalue weighted by Gasteiger charge is -2.22. The summed E-state index contributed by atoms with van der Waals surface area (Å²) in [5.41, 5.74) is 1.16. The molecule has 0 bridgehead atoms. The first-order valence-corrected chi connectivity index (χ1v) is 15.3. The van der Waals surface area contributed by atoms with Gasteiger partial charge in [-0.05, 0) is 77.0 Å². The van der Waals surface area contributed by atoms with Crippen molar-refractivity contribution in [2.75, 3.05) is 20.8 Å². The summed E-state index contributed by atoms with van der Waals surface area (Å²) in [5, 5.41) is 10.6. The molecule has 0 aromatic carbocycles. The Morgan fingerprint density at radius 2 is 1.68 bits per heavy atom. The number of rotatable bonds is 18. The molecule has 0 amide bonds. The number of hydrogen-bond donors (Lipinski definition) is 1. The van der Waals surface area contributed by atoms with Gasteiger partial charge in [-0.2, -0.15) is 0 Å². The van der Waals surface area contributed by atoms with Crippen LogP contribution in [0.2, 0.25) is 0 Å². The van der Waals surface area contributed by atoms with E-state index in [4.69, 9.17) is 18.9 Å². The Morgan fingerprint density at radius 3 is 2.32 bits per heavy atom. The van der Waals surface area contributed by atoms with Crippen LogP contribution in [-0.2, 0) is 28.5 Å². The average Bonchev–Trinajstić information content (AvgIpc) is 3.34. The Labute approximate surface area is 249 Å². The van der Waals surface area contributed by atoms with Crippen molar-refractivity contribution in [3.05, 3.63) is 47.6 Å². The van der Waals surface area contributed by atoms with E-state index in [9.17, 15) is 14.7 Å². The maximum Gasteiger partial charge on any atom is 0.337 e. The minimum atomic E-state index is -0.556. The van der Waals surface area contributed by atoms with Gasteiger partial charge in [-0.3, -0.25) is 0 Å². The molecule has 1 aliphatic heterocycles. The summed E-state index contributed by atoms with van der Waals surface area (Å²) >= 11 is 0. The lowest BCUT2D eigenvalue weighted by molar-refractivity contribution is -0.138. The predicted octanol–water partition coefficient (Wildman–Crippen LogP) is 6.76. The van der Waals surface area contributed by atoms with Gasteiger partial charge in [0.05, 0.1) is 43.7 Å². The lowest BCUT2D eigenvalue weighted by Crippen LogP contribution is -2.27. The highest BCUT2D eigenvalue weighted by atomic mass is 16.5. The highest BCUT2D eigenvalue weighted by Gasteiger charge is 2.37. The Morgan fingerprint density at radius 1 is 1.00 bits per heavy atom. The van der Waals surface area contributed by atoms with Crippen LogP contribution in [0.4, 0.5) is 0 Å². The molecule has 1 heterocycles. The Hall–Kier alpha value is -2.22. The van der Waals surface area contributed by atoms with Gasteiger partial charge in [0.25, 0.3) is 0 Å². The summed E-state index contributed by atoms with van der Waals surface area (Å²) in [6.45, 7) is 14.4. The zero-order chi connectivity index (χ0) is 30.9. The molecular formula is C34H56O7. The van der Waals surface area contributed by atoms with Gasteiger partial charge < -0.3 is 24.1 Å². The summed E-state index contributed by atoms with van der Waals surface area (Å²) in [6.07, 6.45) is 16.4. The summed E-state index contributed by atoms with van der Waals surface area (Å²) < 4.78 is 21.7. The number of aliphatic hydroxyl groups is 1. The number of allylic oxidation sites excluding steroid dienone is 3. The van der Waals surface area contributed by atoms with E-state index in [0.717, 1.165) is 32.1 Å². The Kier molecular flexibility index (Phi) is 17.8. The van der Waals surface area contributed by atoms with Crippen molar-refractivity contribution in [1.29, 1.82) is 0 Å². The van der Waals surface area contributed by atoms with Crippen LogP contribution >= 0.6 is 0 Å². The third-order valence-electron chi connectivity index (χ3n) is 7.81. The smallest absolute Gasteiger partial charge is 0.337 e. The minimum absolute atomic E-state index is 0.0721. The molecule has 0 saturated carbocycles. The van der Waals surface area contributed by atoms with Crippen LogP contribution in [0.15, 0.2) is 47.6 Å². The van der Waals surface area contributed by atoms with Crippen molar-refractivity contribution < 1.29 is 33.6 Å². The normalized spacial score (nSPS) is 23.9. The molecule has 8 atom stereocenters. The maximum atomic E-state index is 12.5. The molecule has 0 aromatic rings. The number of methoxy groups -OCH3 is 2. The van der Waals surface area contributed by atoms with Gasteiger partial charge in [-0.15, -0.1) is 0 Å². The van der Waals surface area contributed by atoms with Crippen molar-refractivity contribution >= 4 is 11.9 Å². The number of hydrogen-bond acceptors (Lipinski definition) is 7. The third kappa shape index (κ3) is 14.0. The molecule has 7 nitrogen and oxygen atoms in total. The molecule has 1 fully saturated rings. The molecule has 1 saturated heterocycles. The van der Waals surface area contributed by atoms with Crippen molar-refractivity contribution in [1.82, 2.24) is 0 Å². The van der Waals surface area contributed by atoms with Gasteiger partial charge in [-0.25, -0.2) is 9.59 Å². The number of unbranched alkanes of at least 4 members (excludes halogenated alkanes) is 1. The fourth-order valence-corrected chi connectivity index (χ4v) is 5.23. The molecule has 1 unspecified atom stereocenters. The number of aliphatic hydroxyl groups excluding tert-OH is 1. The van der Waals surface area contributed by atoms with E-state index in [-0.39, 0.29) is 48.0 Å². The maximum absolute atomic E-state index is 12.5. The van der Waals surface area contributed by atoms with E-state index in [1.807, 2.05) is 37.3 Å². The highest BCUT2D eigenvalue weighted by Crippen LogP contribution is 2.33. The second-order valence-electron chi connectivity index (χ2n) is 11.7. The quantitative estimate of drug-likeness (QED) is 0.0634. The Bertz CT molecular complexity index is 903. The van der Waals surface area contributed by atoms with E-state index in [1.165, 1.54) is 7.11 Å². The molecule has 234 valence electrons. The fourth-order valence-electron chi connectivity index (χ4n) is 5.23. The summed E-state index contributed by atoms with van der Waals surface area (Å²) in [6, 6.07) is 0. The molecule has 0 radical (unpaired) electrons. The van der Waals surface area contributed by atoms with Crippen molar-refractivity contribution in [2.24, 2.45) is 23.7 Å². The molecule has 0 spiro atoms. The molecule has 0 aliphatic carbocycles. The molecule has 41 heavy (non-hydrogen) atoms. The zero-order valence-electron chi connectivity index (χ0n) is 26.9. The highest BCUT2D eigenvalue weighted by molar-refractivity contribution is 5.91. The zero-order valence-corrected chi connectivity index (χ0v) is 26.9. The van der Waals surface area contributed by atoms with Gasteiger partial charge in [0.2, 0.25) is 0 Å². The molecule has 1 aliphatic rings. The van der Waals surface area contributed by atoms with Gasteiger partial charge in [0, 0.05) is 18.6 Å². The molecule has 7 heteroatoms. The minimum Gasteiger partial charge on any atom is -0.466 e. The van der Waals surface area contributed by atoms with E-state index >= 15 is 0 Å². The van der Waals surface area contributed by atoms with E-state index in [0.29, 0.717) is 30.1 Å². The van der Waals surface area contributed by atoms with Crippen molar-refractivity contribution in [3.63, 3.8) is 0 Å². The van der Waals surface area contributed by atoms with Gasteiger partial charge in [-0.1, -0.05) is 64.2 Å². The van der Waals surface area contributed by atoms with E-state index in [1.54, 1.807) is 21.0 Å². The van der Waals surface area contributed by atoms with Crippen molar-refractivity contribution in [3.8, 4) is 0 Å².